The van der Waals surface area contributed by atoms with Gasteiger partial charge in [-0.2, -0.15) is 0 Å². The van der Waals surface area contributed by atoms with Gasteiger partial charge in [-0.25, -0.2) is 0 Å². The standard InChI is InChI=1S/C28H38N2O3S/c1-4-8-33-22-7-5-6-21(12-22)25-13-23(24(31)17-30(2)3)26(34-25)29-27(32)28-14-18-9-19(15-28)11-20(10-18)16-28/h5-7,12-13,18-20,24,31H,4,8-11,14-17H2,1-3H3,(H,29,32). The lowest BCUT2D eigenvalue weighted by Gasteiger charge is -2.55. The number of hydrogen-bond donors (Lipinski definition) is 2. The minimum Gasteiger partial charge on any atom is -0.494 e. The normalized spacial score (nSPS) is 28.3. The fourth-order valence-corrected chi connectivity index (χ4v) is 8.03. The highest BCUT2D eigenvalue weighted by Crippen LogP contribution is 2.60. The first-order valence-corrected chi connectivity index (χ1v) is 13.7. The fourth-order valence-electron chi connectivity index (χ4n) is 6.92. The Morgan fingerprint density at radius 1 is 1.18 bits per heavy atom. The Bertz CT molecular complexity index is 995. The van der Waals surface area contributed by atoms with Crippen LogP contribution in [0.1, 0.15) is 63.5 Å². The molecule has 1 aromatic heterocycles. The van der Waals surface area contributed by atoms with Crippen molar-refractivity contribution in [3.05, 3.63) is 35.9 Å². The summed E-state index contributed by atoms with van der Waals surface area (Å²) in [7, 11) is 3.91. The first-order valence-electron chi connectivity index (χ1n) is 12.9. The van der Waals surface area contributed by atoms with Crippen LogP contribution in [0.2, 0.25) is 0 Å². The third kappa shape index (κ3) is 4.77. The number of benzene rings is 1. The molecule has 1 amide bonds. The van der Waals surface area contributed by atoms with Crippen LogP contribution in [0.4, 0.5) is 5.00 Å². The van der Waals surface area contributed by atoms with Gasteiger partial charge in [-0.1, -0.05) is 19.1 Å². The maximum absolute atomic E-state index is 13.8. The van der Waals surface area contributed by atoms with E-state index in [2.05, 4.69) is 18.3 Å². The summed E-state index contributed by atoms with van der Waals surface area (Å²) in [4.78, 5) is 16.8. The Hall–Kier alpha value is -1.89. The molecule has 6 heteroatoms. The fraction of sp³-hybridized carbons (Fsp3) is 0.607. The minimum atomic E-state index is -0.661. The molecule has 2 aromatic rings. The van der Waals surface area contributed by atoms with E-state index in [4.69, 9.17) is 4.74 Å². The molecule has 4 bridgehead atoms. The van der Waals surface area contributed by atoms with Crippen LogP contribution in [0.3, 0.4) is 0 Å². The van der Waals surface area contributed by atoms with E-state index in [-0.39, 0.29) is 11.3 Å². The van der Waals surface area contributed by atoms with Gasteiger partial charge in [0.2, 0.25) is 5.91 Å². The highest BCUT2D eigenvalue weighted by molar-refractivity contribution is 7.19. The Kier molecular flexibility index (Phi) is 6.75. The molecule has 2 N–H and O–H groups in total. The summed E-state index contributed by atoms with van der Waals surface area (Å²) in [6.45, 7) is 3.30. The number of nitrogens with zero attached hydrogens (tertiary/aromatic N) is 1. The van der Waals surface area contributed by atoms with E-state index < -0.39 is 6.10 Å². The second-order valence-electron chi connectivity index (χ2n) is 11.2. The van der Waals surface area contributed by atoms with E-state index >= 15 is 0 Å². The Morgan fingerprint density at radius 3 is 2.47 bits per heavy atom. The lowest BCUT2D eigenvalue weighted by Crippen LogP contribution is -2.51. The van der Waals surface area contributed by atoms with E-state index in [0.717, 1.165) is 70.2 Å². The maximum atomic E-state index is 13.8. The molecule has 1 heterocycles. The molecule has 184 valence electrons. The first kappa shape index (κ1) is 23.8. The van der Waals surface area contributed by atoms with Crippen molar-refractivity contribution in [1.82, 2.24) is 4.90 Å². The van der Waals surface area contributed by atoms with Crippen LogP contribution in [-0.2, 0) is 4.79 Å². The third-order valence-corrected chi connectivity index (χ3v) is 9.11. The molecular formula is C28H38N2O3S. The summed E-state index contributed by atoms with van der Waals surface area (Å²) in [5.41, 5.74) is 1.65. The number of anilines is 1. The average Bonchev–Trinajstić information content (AvgIpc) is 3.20. The zero-order chi connectivity index (χ0) is 23.9. The molecule has 34 heavy (non-hydrogen) atoms. The summed E-state index contributed by atoms with van der Waals surface area (Å²) in [5, 5.41) is 15.2. The van der Waals surface area contributed by atoms with E-state index in [1.165, 1.54) is 19.3 Å². The van der Waals surface area contributed by atoms with Gasteiger partial charge < -0.3 is 20.1 Å². The highest BCUT2D eigenvalue weighted by Gasteiger charge is 2.54. The van der Waals surface area contributed by atoms with Crippen molar-refractivity contribution >= 4 is 22.2 Å². The largest absolute Gasteiger partial charge is 0.494 e. The van der Waals surface area contributed by atoms with Crippen LogP contribution in [0.25, 0.3) is 10.4 Å². The summed E-state index contributed by atoms with van der Waals surface area (Å²) in [6, 6.07) is 10.1. The number of hydrogen-bond acceptors (Lipinski definition) is 5. The number of aliphatic hydroxyl groups excluding tert-OH is 1. The number of aliphatic hydroxyl groups is 1. The zero-order valence-electron chi connectivity index (χ0n) is 20.7. The number of thiophene rings is 1. The Morgan fingerprint density at radius 2 is 1.85 bits per heavy atom. The van der Waals surface area contributed by atoms with Crippen molar-refractivity contribution in [3.63, 3.8) is 0 Å². The van der Waals surface area contributed by atoms with Crippen LogP contribution in [0.15, 0.2) is 30.3 Å². The van der Waals surface area contributed by atoms with Gasteiger partial charge >= 0.3 is 0 Å². The van der Waals surface area contributed by atoms with Crippen LogP contribution in [0.5, 0.6) is 5.75 Å². The summed E-state index contributed by atoms with van der Waals surface area (Å²) >= 11 is 1.57. The molecule has 0 aliphatic heterocycles. The smallest absolute Gasteiger partial charge is 0.231 e. The van der Waals surface area contributed by atoms with Crippen molar-refractivity contribution in [2.75, 3.05) is 32.6 Å². The zero-order valence-corrected chi connectivity index (χ0v) is 21.5. The molecule has 0 radical (unpaired) electrons. The number of ether oxygens (including phenoxy) is 1. The van der Waals surface area contributed by atoms with Crippen LogP contribution < -0.4 is 10.1 Å². The lowest BCUT2D eigenvalue weighted by atomic mass is 9.49. The second kappa shape index (κ2) is 9.63. The molecule has 4 aliphatic carbocycles. The molecule has 0 spiro atoms. The van der Waals surface area contributed by atoms with Crippen LogP contribution in [-0.4, -0.2) is 43.2 Å². The average molecular weight is 483 g/mol. The lowest BCUT2D eigenvalue weighted by molar-refractivity contribution is -0.140. The number of carbonyl (C=O) groups is 1. The molecule has 4 fully saturated rings. The maximum Gasteiger partial charge on any atom is 0.231 e. The number of amides is 1. The van der Waals surface area contributed by atoms with E-state index in [1.807, 2.05) is 43.3 Å². The van der Waals surface area contributed by atoms with Gasteiger partial charge in [0, 0.05) is 17.0 Å². The predicted octanol–water partition coefficient (Wildman–Crippen LogP) is 5.95. The van der Waals surface area contributed by atoms with Crippen molar-refractivity contribution in [3.8, 4) is 16.2 Å². The number of nitrogens with one attached hydrogen (secondary N) is 1. The quantitative estimate of drug-likeness (QED) is 0.463. The van der Waals surface area contributed by atoms with Gasteiger partial charge in [0.05, 0.1) is 18.1 Å². The molecule has 1 atom stereocenters. The SMILES string of the molecule is CCCOc1cccc(-c2cc(C(O)CN(C)C)c(NC(=O)C34CC5CC(CC(C5)C3)C4)s2)c1. The van der Waals surface area contributed by atoms with E-state index in [9.17, 15) is 9.90 Å². The second-order valence-corrected chi connectivity index (χ2v) is 12.3. The first-order chi connectivity index (χ1) is 16.3. The van der Waals surface area contributed by atoms with E-state index in [0.29, 0.717) is 13.2 Å². The van der Waals surface area contributed by atoms with Crippen molar-refractivity contribution in [1.29, 1.82) is 0 Å². The number of carbonyl (C=O) groups excluding carboxylic acids is 1. The molecule has 1 aromatic carbocycles. The molecule has 0 saturated heterocycles. The molecule has 5 nitrogen and oxygen atoms in total. The van der Waals surface area contributed by atoms with Crippen LogP contribution in [0, 0.1) is 23.2 Å². The monoisotopic (exact) mass is 482 g/mol. The molecule has 1 unspecified atom stereocenters. The summed E-state index contributed by atoms with van der Waals surface area (Å²) in [5.74, 6) is 3.20. The Labute approximate surface area is 207 Å². The minimum absolute atomic E-state index is 0.179. The molecular weight excluding hydrogens is 444 g/mol. The van der Waals surface area contributed by atoms with Crippen LogP contribution >= 0.6 is 11.3 Å². The number of rotatable bonds is 9. The van der Waals surface area contributed by atoms with Gasteiger partial charge in [0.1, 0.15) is 10.8 Å². The molecule has 4 saturated carbocycles. The van der Waals surface area contributed by atoms with Gasteiger partial charge in [0.15, 0.2) is 0 Å². The summed E-state index contributed by atoms with van der Waals surface area (Å²) < 4.78 is 5.84. The van der Waals surface area contributed by atoms with Crippen molar-refractivity contribution in [2.45, 2.75) is 58.0 Å². The van der Waals surface area contributed by atoms with Crippen molar-refractivity contribution in [2.24, 2.45) is 23.2 Å². The summed E-state index contributed by atoms with van der Waals surface area (Å²) in [6.07, 6.45) is 7.37. The van der Waals surface area contributed by atoms with Crippen molar-refractivity contribution < 1.29 is 14.6 Å². The van der Waals surface area contributed by atoms with Gasteiger partial charge in [-0.3, -0.25) is 4.79 Å². The highest BCUT2D eigenvalue weighted by atomic mass is 32.1. The van der Waals surface area contributed by atoms with Gasteiger partial charge in [0.25, 0.3) is 0 Å². The topological polar surface area (TPSA) is 61.8 Å². The number of likely N-dealkylation sites (N-methyl/N-ethyl adjacent to an activating group) is 1. The predicted molar refractivity (Wildman–Crippen MR) is 138 cm³/mol. The van der Waals surface area contributed by atoms with Gasteiger partial charge in [-0.15, -0.1) is 11.3 Å². The van der Waals surface area contributed by atoms with E-state index in [1.54, 1.807) is 11.3 Å². The molecule has 4 aliphatic rings. The molecule has 6 rings (SSSR count). The third-order valence-electron chi connectivity index (χ3n) is 8.00. The Balaban J connectivity index is 1.43. The van der Waals surface area contributed by atoms with Gasteiger partial charge in [-0.05, 0) is 101 Å².